The van der Waals surface area contributed by atoms with Crippen molar-refractivity contribution in [1.29, 1.82) is 0 Å². The highest BCUT2D eigenvalue weighted by Gasteiger charge is 2.25. The van der Waals surface area contributed by atoms with E-state index in [1.807, 2.05) is 11.9 Å². The lowest BCUT2D eigenvalue weighted by atomic mass is 9.88. The molecule has 1 atom stereocenters. The Kier molecular flexibility index (Phi) is 4.84. The normalized spacial score (nSPS) is 26.8. The SMILES string of the molecule is CN(CC1CCCCN1)C(=O)C1CCCCC1. The van der Waals surface area contributed by atoms with E-state index in [-0.39, 0.29) is 0 Å². The Balaban J connectivity index is 1.77. The van der Waals surface area contributed by atoms with Gasteiger partial charge in [0.1, 0.15) is 0 Å². The lowest BCUT2D eigenvalue weighted by molar-refractivity contribution is -0.135. The molecule has 1 amide bonds. The molecule has 1 saturated carbocycles. The summed E-state index contributed by atoms with van der Waals surface area (Å²) in [4.78, 5) is 14.2. The van der Waals surface area contributed by atoms with Gasteiger partial charge in [-0.2, -0.15) is 0 Å². The molecule has 0 aromatic carbocycles. The van der Waals surface area contributed by atoms with Gasteiger partial charge in [0.2, 0.25) is 5.91 Å². The second-order valence-corrected chi connectivity index (χ2v) is 5.70. The highest BCUT2D eigenvalue weighted by Crippen LogP contribution is 2.25. The molecule has 17 heavy (non-hydrogen) atoms. The van der Waals surface area contributed by atoms with Crippen molar-refractivity contribution in [2.24, 2.45) is 5.92 Å². The minimum Gasteiger partial charge on any atom is -0.344 e. The quantitative estimate of drug-likeness (QED) is 0.817. The first-order valence-electron chi connectivity index (χ1n) is 7.26. The van der Waals surface area contributed by atoms with Crippen LogP contribution in [0.1, 0.15) is 51.4 Å². The summed E-state index contributed by atoms with van der Waals surface area (Å²) < 4.78 is 0. The number of rotatable bonds is 3. The number of piperidine rings is 1. The van der Waals surface area contributed by atoms with E-state index < -0.39 is 0 Å². The Bertz CT molecular complexity index is 243. The molecule has 0 bridgehead atoms. The van der Waals surface area contributed by atoms with E-state index in [2.05, 4.69) is 5.32 Å². The van der Waals surface area contributed by atoms with Gasteiger partial charge < -0.3 is 10.2 Å². The summed E-state index contributed by atoms with van der Waals surface area (Å²) >= 11 is 0. The largest absolute Gasteiger partial charge is 0.344 e. The van der Waals surface area contributed by atoms with Crippen molar-refractivity contribution in [3.05, 3.63) is 0 Å². The highest BCUT2D eigenvalue weighted by molar-refractivity contribution is 5.78. The molecule has 2 rings (SSSR count). The molecule has 1 aliphatic heterocycles. The molecule has 0 radical (unpaired) electrons. The maximum atomic E-state index is 12.3. The number of carbonyl (C=O) groups excluding carboxylic acids is 1. The standard InChI is InChI=1S/C14H26N2O/c1-16(11-13-9-5-6-10-15-13)14(17)12-7-3-2-4-8-12/h12-13,15H,2-11H2,1H3. The number of amides is 1. The number of likely N-dealkylation sites (N-methyl/N-ethyl adjacent to an activating group) is 1. The van der Waals surface area contributed by atoms with Gasteiger partial charge in [0.05, 0.1) is 0 Å². The second-order valence-electron chi connectivity index (χ2n) is 5.70. The fourth-order valence-corrected chi connectivity index (χ4v) is 3.16. The van der Waals surface area contributed by atoms with Crippen molar-refractivity contribution >= 4 is 5.91 Å². The van der Waals surface area contributed by atoms with Crippen molar-refractivity contribution in [3.8, 4) is 0 Å². The molecule has 1 N–H and O–H groups in total. The van der Waals surface area contributed by atoms with Crippen LogP contribution in [0.5, 0.6) is 0 Å². The van der Waals surface area contributed by atoms with E-state index in [4.69, 9.17) is 0 Å². The Hall–Kier alpha value is -0.570. The van der Waals surface area contributed by atoms with Gasteiger partial charge in [-0.15, -0.1) is 0 Å². The molecule has 3 heteroatoms. The second kappa shape index (κ2) is 6.39. The van der Waals surface area contributed by atoms with Crippen LogP contribution in [0.25, 0.3) is 0 Å². The van der Waals surface area contributed by atoms with Crippen LogP contribution in [0.4, 0.5) is 0 Å². The van der Waals surface area contributed by atoms with Crippen LogP contribution in [-0.2, 0) is 4.79 Å². The zero-order valence-corrected chi connectivity index (χ0v) is 11.1. The average Bonchev–Trinajstić information content (AvgIpc) is 2.40. The van der Waals surface area contributed by atoms with Gasteiger partial charge in [0.25, 0.3) is 0 Å². The van der Waals surface area contributed by atoms with E-state index in [9.17, 15) is 4.79 Å². The molecular weight excluding hydrogens is 212 g/mol. The maximum Gasteiger partial charge on any atom is 0.225 e. The summed E-state index contributed by atoms with van der Waals surface area (Å²) in [7, 11) is 1.98. The molecule has 3 nitrogen and oxygen atoms in total. The minimum absolute atomic E-state index is 0.317. The minimum atomic E-state index is 0.317. The molecule has 2 aliphatic rings. The Morgan fingerprint density at radius 3 is 2.47 bits per heavy atom. The van der Waals surface area contributed by atoms with E-state index in [0.717, 1.165) is 25.9 Å². The van der Waals surface area contributed by atoms with E-state index in [1.54, 1.807) is 0 Å². The molecule has 2 fully saturated rings. The van der Waals surface area contributed by atoms with E-state index in [0.29, 0.717) is 17.9 Å². The summed E-state index contributed by atoms with van der Waals surface area (Å²) in [6.45, 7) is 2.02. The zero-order chi connectivity index (χ0) is 12.1. The summed E-state index contributed by atoms with van der Waals surface area (Å²) in [6.07, 6.45) is 9.85. The molecule has 1 heterocycles. The van der Waals surface area contributed by atoms with Crippen LogP contribution in [0, 0.1) is 5.92 Å². The van der Waals surface area contributed by atoms with Crippen LogP contribution < -0.4 is 5.32 Å². The summed E-state index contributed by atoms with van der Waals surface area (Å²) in [5, 5.41) is 3.51. The van der Waals surface area contributed by atoms with Crippen molar-refractivity contribution in [1.82, 2.24) is 10.2 Å². The molecular formula is C14H26N2O. The van der Waals surface area contributed by atoms with Crippen LogP contribution in [-0.4, -0.2) is 37.0 Å². The van der Waals surface area contributed by atoms with Crippen LogP contribution in [0.2, 0.25) is 0 Å². The molecule has 0 spiro atoms. The molecule has 0 aromatic rings. The third-order valence-electron chi connectivity index (χ3n) is 4.24. The highest BCUT2D eigenvalue weighted by atomic mass is 16.2. The maximum absolute atomic E-state index is 12.3. The number of hydrogen-bond acceptors (Lipinski definition) is 2. The van der Waals surface area contributed by atoms with E-state index in [1.165, 1.54) is 38.5 Å². The molecule has 0 aromatic heterocycles. The predicted octanol–water partition coefficient (Wildman–Crippen LogP) is 2.17. The first kappa shape index (κ1) is 12.9. The van der Waals surface area contributed by atoms with Crippen molar-refractivity contribution in [3.63, 3.8) is 0 Å². The predicted molar refractivity (Wildman–Crippen MR) is 69.9 cm³/mol. The Morgan fingerprint density at radius 2 is 1.82 bits per heavy atom. The fourth-order valence-electron chi connectivity index (χ4n) is 3.16. The van der Waals surface area contributed by atoms with Gasteiger partial charge in [0.15, 0.2) is 0 Å². The van der Waals surface area contributed by atoms with Crippen LogP contribution in [0.3, 0.4) is 0 Å². The van der Waals surface area contributed by atoms with E-state index >= 15 is 0 Å². The smallest absolute Gasteiger partial charge is 0.225 e. The number of carbonyl (C=O) groups is 1. The van der Waals surface area contributed by atoms with Crippen molar-refractivity contribution in [2.75, 3.05) is 20.1 Å². The zero-order valence-electron chi connectivity index (χ0n) is 11.1. The van der Waals surface area contributed by atoms with Gasteiger partial charge in [-0.3, -0.25) is 4.79 Å². The monoisotopic (exact) mass is 238 g/mol. The number of nitrogens with one attached hydrogen (secondary N) is 1. The third-order valence-corrected chi connectivity index (χ3v) is 4.24. The van der Waals surface area contributed by atoms with Gasteiger partial charge in [0, 0.05) is 25.6 Å². The summed E-state index contributed by atoms with van der Waals surface area (Å²) in [5.41, 5.74) is 0. The first-order valence-corrected chi connectivity index (χ1v) is 7.26. The average molecular weight is 238 g/mol. The summed E-state index contributed by atoms with van der Waals surface area (Å²) in [5.74, 6) is 0.703. The lowest BCUT2D eigenvalue weighted by Crippen LogP contribution is -2.45. The number of hydrogen-bond donors (Lipinski definition) is 1. The first-order chi connectivity index (χ1) is 8.27. The molecule has 1 unspecified atom stereocenters. The molecule has 1 aliphatic carbocycles. The van der Waals surface area contributed by atoms with Crippen molar-refractivity contribution < 1.29 is 4.79 Å². The Morgan fingerprint density at radius 1 is 1.12 bits per heavy atom. The van der Waals surface area contributed by atoms with Gasteiger partial charge >= 0.3 is 0 Å². The third kappa shape index (κ3) is 3.70. The summed E-state index contributed by atoms with van der Waals surface area (Å²) in [6, 6.07) is 0.529. The number of nitrogens with zero attached hydrogens (tertiary/aromatic N) is 1. The topological polar surface area (TPSA) is 32.3 Å². The lowest BCUT2D eigenvalue weighted by Gasteiger charge is -2.31. The Labute approximate surface area is 105 Å². The fraction of sp³-hybridized carbons (Fsp3) is 0.929. The molecule has 98 valence electrons. The van der Waals surface area contributed by atoms with Gasteiger partial charge in [-0.05, 0) is 32.2 Å². The van der Waals surface area contributed by atoms with Crippen molar-refractivity contribution in [2.45, 2.75) is 57.4 Å². The van der Waals surface area contributed by atoms with Gasteiger partial charge in [-0.1, -0.05) is 25.7 Å². The van der Waals surface area contributed by atoms with Gasteiger partial charge in [-0.25, -0.2) is 0 Å². The van der Waals surface area contributed by atoms with Crippen LogP contribution >= 0.6 is 0 Å². The molecule has 1 saturated heterocycles. The van der Waals surface area contributed by atoms with Crippen LogP contribution in [0.15, 0.2) is 0 Å².